The van der Waals surface area contributed by atoms with E-state index in [0.717, 1.165) is 87.2 Å². The highest BCUT2D eigenvalue weighted by atomic mass is 16.5. The van der Waals surface area contributed by atoms with Crippen LogP contribution in [0.4, 0.5) is 0 Å². The van der Waals surface area contributed by atoms with Crippen LogP contribution in [0, 0.1) is 0 Å². The van der Waals surface area contributed by atoms with Gasteiger partial charge in [-0.1, -0.05) is 26.7 Å². The molecule has 2 unspecified atom stereocenters. The highest BCUT2D eigenvalue weighted by Gasteiger charge is 2.03. The van der Waals surface area contributed by atoms with Gasteiger partial charge in [0, 0.05) is 0 Å². The number of hydrogen-bond donors (Lipinski definition) is 2. The van der Waals surface area contributed by atoms with Gasteiger partial charge in [-0.15, -0.1) is 0 Å². The van der Waals surface area contributed by atoms with Crippen LogP contribution in [-0.2, 0) is 0 Å². The Morgan fingerprint density at radius 1 is 0.545 bits per heavy atom. The molecule has 0 radical (unpaired) electrons. The molecule has 0 heterocycles. The molecule has 2 aromatic rings. The summed E-state index contributed by atoms with van der Waals surface area (Å²) in [6.45, 7) is 5.39. The normalized spacial score (nSPS) is 12.8. The van der Waals surface area contributed by atoms with Crippen molar-refractivity contribution in [2.45, 2.75) is 90.3 Å². The van der Waals surface area contributed by atoms with Crippen molar-refractivity contribution in [3.8, 4) is 23.0 Å². The van der Waals surface area contributed by atoms with E-state index < -0.39 is 0 Å². The van der Waals surface area contributed by atoms with Gasteiger partial charge in [-0.05, 0) is 99.9 Å². The van der Waals surface area contributed by atoms with Crippen LogP contribution in [0.15, 0.2) is 48.5 Å². The summed E-state index contributed by atoms with van der Waals surface area (Å²) >= 11 is 0. The minimum atomic E-state index is -0.163. The van der Waals surface area contributed by atoms with E-state index in [-0.39, 0.29) is 12.2 Å². The molecule has 0 saturated heterocycles. The molecule has 0 saturated carbocycles. The Morgan fingerprint density at radius 3 is 1.27 bits per heavy atom. The lowest BCUT2D eigenvalue weighted by Crippen LogP contribution is -2.04. The first-order valence-corrected chi connectivity index (χ1v) is 12.6. The van der Waals surface area contributed by atoms with Crippen molar-refractivity contribution in [3.63, 3.8) is 0 Å². The quantitative estimate of drug-likeness (QED) is 0.238. The Labute approximate surface area is 199 Å². The highest BCUT2D eigenvalue weighted by Crippen LogP contribution is 2.26. The number of benzene rings is 2. The van der Waals surface area contributed by atoms with Crippen molar-refractivity contribution in [1.29, 1.82) is 0 Å². The van der Waals surface area contributed by atoms with Crippen LogP contribution < -0.4 is 14.2 Å². The van der Waals surface area contributed by atoms with Gasteiger partial charge in [0.1, 0.15) is 23.0 Å². The molecule has 0 amide bonds. The van der Waals surface area contributed by atoms with Crippen LogP contribution in [0.3, 0.4) is 0 Å². The van der Waals surface area contributed by atoms with Gasteiger partial charge in [0.25, 0.3) is 0 Å². The van der Waals surface area contributed by atoms with Gasteiger partial charge >= 0.3 is 0 Å². The first-order valence-electron chi connectivity index (χ1n) is 12.6. The molecule has 2 atom stereocenters. The van der Waals surface area contributed by atoms with Crippen LogP contribution in [0.5, 0.6) is 23.0 Å². The second-order valence-corrected chi connectivity index (χ2v) is 8.56. The van der Waals surface area contributed by atoms with Gasteiger partial charge in [-0.2, -0.15) is 0 Å². The van der Waals surface area contributed by atoms with Crippen molar-refractivity contribution in [2.24, 2.45) is 0 Å². The zero-order valence-corrected chi connectivity index (χ0v) is 20.4. The van der Waals surface area contributed by atoms with E-state index in [1.54, 1.807) is 0 Å². The third kappa shape index (κ3) is 12.0. The van der Waals surface area contributed by atoms with E-state index in [2.05, 4.69) is 0 Å². The average molecular weight is 459 g/mol. The Hall–Kier alpha value is -2.24. The lowest BCUT2D eigenvalue weighted by molar-refractivity contribution is 0.155. The molecular weight excluding hydrogens is 416 g/mol. The van der Waals surface area contributed by atoms with Gasteiger partial charge in [-0.3, -0.25) is 0 Å². The maximum Gasteiger partial charge on any atom is 0.127 e. The molecule has 5 heteroatoms. The third-order valence-corrected chi connectivity index (χ3v) is 5.73. The van der Waals surface area contributed by atoms with E-state index in [0.29, 0.717) is 13.2 Å². The minimum absolute atomic E-state index is 0.163. The molecule has 0 aromatic heterocycles. The summed E-state index contributed by atoms with van der Waals surface area (Å²) in [4.78, 5) is 0. The van der Waals surface area contributed by atoms with Crippen molar-refractivity contribution >= 4 is 0 Å². The fourth-order valence-electron chi connectivity index (χ4n) is 3.45. The topological polar surface area (TPSA) is 68.2 Å². The first kappa shape index (κ1) is 27.0. The van der Waals surface area contributed by atoms with E-state index in [1.807, 2.05) is 62.4 Å². The zero-order chi connectivity index (χ0) is 23.7. The molecule has 2 N–H and O–H groups in total. The molecule has 0 spiro atoms. The number of hydrogen-bond acceptors (Lipinski definition) is 5. The fourth-order valence-corrected chi connectivity index (χ4v) is 3.45. The molecule has 0 aliphatic carbocycles. The minimum Gasteiger partial charge on any atom is -0.494 e. The van der Waals surface area contributed by atoms with E-state index in [4.69, 9.17) is 14.2 Å². The maximum atomic E-state index is 9.56. The molecule has 0 bridgehead atoms. The second-order valence-electron chi connectivity index (χ2n) is 8.56. The van der Waals surface area contributed by atoms with Crippen molar-refractivity contribution in [1.82, 2.24) is 0 Å². The molecule has 33 heavy (non-hydrogen) atoms. The zero-order valence-electron chi connectivity index (χ0n) is 20.4. The van der Waals surface area contributed by atoms with Gasteiger partial charge in [-0.25, -0.2) is 0 Å². The van der Waals surface area contributed by atoms with Gasteiger partial charge in [0.05, 0.1) is 25.4 Å². The lowest BCUT2D eigenvalue weighted by Gasteiger charge is -2.10. The summed E-state index contributed by atoms with van der Waals surface area (Å²) in [6.07, 6.45) is 9.29. The lowest BCUT2D eigenvalue weighted by atomic mass is 10.1. The molecule has 0 aliphatic heterocycles. The highest BCUT2D eigenvalue weighted by molar-refractivity contribution is 5.37. The molecular formula is C28H42O5. The standard InChI is InChI=1S/C28H42O5/c1-3-23(29)11-7-5-9-21-31-25-13-17-27(18-14-25)33-28-19-15-26(16-20-28)32-22-10-6-8-12-24(30)4-2/h13-20,23-24,29-30H,3-12,21-22H2,1-2H3. The van der Waals surface area contributed by atoms with E-state index in [1.165, 1.54) is 0 Å². The predicted octanol–water partition coefficient (Wildman–Crippen LogP) is 6.90. The van der Waals surface area contributed by atoms with Crippen LogP contribution >= 0.6 is 0 Å². The smallest absolute Gasteiger partial charge is 0.127 e. The Bertz CT molecular complexity index is 665. The fraction of sp³-hybridized carbons (Fsp3) is 0.571. The van der Waals surface area contributed by atoms with Crippen LogP contribution in [-0.4, -0.2) is 35.6 Å². The molecule has 0 fully saturated rings. The monoisotopic (exact) mass is 458 g/mol. The Balaban J connectivity index is 1.61. The summed E-state index contributed by atoms with van der Waals surface area (Å²) in [6, 6.07) is 15.3. The summed E-state index contributed by atoms with van der Waals surface area (Å²) < 4.78 is 17.5. The predicted molar refractivity (Wildman–Crippen MR) is 133 cm³/mol. The number of unbranched alkanes of at least 4 members (excludes halogenated alkanes) is 4. The second kappa shape index (κ2) is 16.4. The SMILES string of the molecule is CCC(O)CCCCCOc1ccc(Oc2ccc(OCCCCCC(O)CC)cc2)cc1. The van der Waals surface area contributed by atoms with Gasteiger partial charge < -0.3 is 24.4 Å². The van der Waals surface area contributed by atoms with E-state index >= 15 is 0 Å². The van der Waals surface area contributed by atoms with Crippen LogP contribution in [0.25, 0.3) is 0 Å². The number of aliphatic hydroxyl groups excluding tert-OH is 2. The summed E-state index contributed by atoms with van der Waals surface area (Å²) in [7, 11) is 0. The Morgan fingerprint density at radius 2 is 0.909 bits per heavy atom. The summed E-state index contributed by atoms with van der Waals surface area (Å²) in [5, 5.41) is 19.1. The van der Waals surface area contributed by atoms with E-state index in [9.17, 15) is 10.2 Å². The summed E-state index contributed by atoms with van der Waals surface area (Å²) in [5.41, 5.74) is 0. The molecule has 0 aliphatic rings. The van der Waals surface area contributed by atoms with Crippen LogP contribution in [0.2, 0.25) is 0 Å². The number of rotatable bonds is 18. The average Bonchev–Trinajstić information content (AvgIpc) is 2.85. The molecule has 2 rings (SSSR count). The van der Waals surface area contributed by atoms with Crippen molar-refractivity contribution < 1.29 is 24.4 Å². The summed E-state index contributed by atoms with van der Waals surface area (Å²) in [5.74, 6) is 3.20. The first-order chi connectivity index (χ1) is 16.1. The van der Waals surface area contributed by atoms with Crippen molar-refractivity contribution in [3.05, 3.63) is 48.5 Å². The van der Waals surface area contributed by atoms with Crippen molar-refractivity contribution in [2.75, 3.05) is 13.2 Å². The third-order valence-electron chi connectivity index (χ3n) is 5.73. The van der Waals surface area contributed by atoms with Gasteiger partial charge in [0.15, 0.2) is 0 Å². The number of ether oxygens (including phenoxy) is 3. The molecule has 184 valence electrons. The Kier molecular flexibility index (Phi) is 13.4. The number of aliphatic hydroxyl groups is 2. The molecule has 5 nitrogen and oxygen atoms in total. The molecule has 2 aromatic carbocycles. The van der Waals surface area contributed by atoms with Gasteiger partial charge in [0.2, 0.25) is 0 Å². The largest absolute Gasteiger partial charge is 0.494 e. The maximum absolute atomic E-state index is 9.56. The van der Waals surface area contributed by atoms with Crippen LogP contribution in [0.1, 0.15) is 78.1 Å².